The van der Waals surface area contributed by atoms with Gasteiger partial charge in [0.25, 0.3) is 0 Å². The Morgan fingerprint density at radius 3 is 1.88 bits per heavy atom. The van der Waals surface area contributed by atoms with Crippen LogP contribution in [0.15, 0.2) is 78.5 Å². The topological polar surface area (TPSA) is 98.7 Å². The van der Waals surface area contributed by atoms with Gasteiger partial charge in [0.1, 0.15) is 11.5 Å². The van der Waals surface area contributed by atoms with Crippen molar-refractivity contribution in [2.24, 2.45) is 0 Å². The largest absolute Gasteiger partial charge is 0.507 e. The Balaban J connectivity index is 1.96. The summed E-state index contributed by atoms with van der Waals surface area (Å²) in [5, 5.41) is 27.1. The number of fused-ring (bicyclic) bond motifs is 2. The highest BCUT2D eigenvalue weighted by Gasteiger charge is 2.38. The van der Waals surface area contributed by atoms with Gasteiger partial charge in [-0.05, 0) is 56.3 Å². The van der Waals surface area contributed by atoms with Crippen LogP contribution in [0.1, 0.15) is 45.7 Å². The number of nitrogens with one attached hydrogen (secondary N) is 2. The number of carbonyl (C=O) groups excluding carboxylic acids is 2. The predicted molar refractivity (Wildman–Crippen MR) is 125 cm³/mol. The molecule has 0 bridgehead atoms. The van der Waals surface area contributed by atoms with Crippen molar-refractivity contribution in [1.82, 2.24) is 0 Å². The van der Waals surface area contributed by atoms with E-state index in [9.17, 15) is 19.8 Å². The zero-order valence-corrected chi connectivity index (χ0v) is 17.6. The predicted octanol–water partition coefficient (Wildman–Crippen LogP) is 5.51. The SMILES string of the molecule is C/C=C\C(=C/C)Nc1ccc(Nc2ccccc2)c2c1C(=O)c1c(O)ccc(O)c1C2=O. The average molecular weight is 426 g/mol. The summed E-state index contributed by atoms with van der Waals surface area (Å²) in [6.07, 6.45) is 5.54. The Bertz CT molecular complexity index is 1290. The lowest BCUT2D eigenvalue weighted by Gasteiger charge is -2.25. The number of benzene rings is 3. The van der Waals surface area contributed by atoms with Crippen LogP contribution >= 0.6 is 0 Å². The lowest BCUT2D eigenvalue weighted by molar-refractivity contribution is 0.0975. The van der Waals surface area contributed by atoms with E-state index in [4.69, 9.17) is 0 Å². The minimum Gasteiger partial charge on any atom is -0.507 e. The molecule has 3 aromatic carbocycles. The molecule has 1 aliphatic carbocycles. The van der Waals surface area contributed by atoms with E-state index in [0.717, 1.165) is 11.4 Å². The number of phenols is 2. The van der Waals surface area contributed by atoms with Gasteiger partial charge in [-0.3, -0.25) is 9.59 Å². The minimum absolute atomic E-state index is 0.133. The number of phenolic OH excluding ortho intramolecular Hbond substituents is 2. The molecule has 6 nitrogen and oxygen atoms in total. The lowest BCUT2D eigenvalue weighted by atomic mass is 9.81. The molecule has 1 aliphatic rings. The quantitative estimate of drug-likeness (QED) is 0.248. The molecule has 0 saturated carbocycles. The number of hydrogen-bond acceptors (Lipinski definition) is 6. The lowest BCUT2D eigenvalue weighted by Crippen LogP contribution is -2.24. The molecular weight excluding hydrogens is 404 g/mol. The van der Waals surface area contributed by atoms with Crippen LogP contribution in [0.4, 0.5) is 17.1 Å². The fourth-order valence-electron chi connectivity index (χ4n) is 3.80. The van der Waals surface area contributed by atoms with E-state index in [2.05, 4.69) is 10.6 Å². The molecule has 0 heterocycles. The van der Waals surface area contributed by atoms with Crippen molar-refractivity contribution in [3.63, 3.8) is 0 Å². The summed E-state index contributed by atoms with van der Waals surface area (Å²) in [5.41, 5.74) is 2.20. The van der Waals surface area contributed by atoms with Gasteiger partial charge >= 0.3 is 0 Å². The summed E-state index contributed by atoms with van der Waals surface area (Å²) in [6.45, 7) is 3.73. The van der Waals surface area contributed by atoms with Crippen LogP contribution in [0.2, 0.25) is 0 Å². The molecule has 4 N–H and O–H groups in total. The molecule has 0 aliphatic heterocycles. The average Bonchev–Trinajstić information content (AvgIpc) is 2.80. The van der Waals surface area contributed by atoms with Crippen LogP contribution in [0, 0.1) is 0 Å². The van der Waals surface area contributed by atoms with Gasteiger partial charge in [0.2, 0.25) is 11.6 Å². The monoisotopic (exact) mass is 426 g/mol. The first kappa shape index (κ1) is 20.9. The Morgan fingerprint density at radius 1 is 0.750 bits per heavy atom. The van der Waals surface area contributed by atoms with Gasteiger partial charge in [0.15, 0.2) is 0 Å². The number of anilines is 3. The molecule has 0 unspecified atom stereocenters. The van der Waals surface area contributed by atoms with Gasteiger partial charge in [0, 0.05) is 11.4 Å². The van der Waals surface area contributed by atoms with Gasteiger partial charge < -0.3 is 20.8 Å². The molecule has 0 radical (unpaired) electrons. The summed E-state index contributed by atoms with van der Waals surface area (Å²) in [4.78, 5) is 27.1. The van der Waals surface area contributed by atoms with Crippen LogP contribution < -0.4 is 10.6 Å². The van der Waals surface area contributed by atoms with Gasteiger partial charge in [-0.15, -0.1) is 0 Å². The molecule has 4 rings (SSSR count). The number of rotatable bonds is 5. The standard InChI is InChI=1S/C26H22N2O4/c1-3-8-15(4-2)27-17-11-12-18(28-16-9-6-5-7-10-16)22-21(17)25(31)23-19(29)13-14-20(30)24(23)26(22)32/h3-14,27-30H,1-2H3/b8-3-,15-4+. The van der Waals surface area contributed by atoms with E-state index in [1.165, 1.54) is 12.1 Å². The molecule has 0 atom stereocenters. The maximum absolute atomic E-state index is 13.6. The van der Waals surface area contributed by atoms with E-state index < -0.39 is 11.6 Å². The van der Waals surface area contributed by atoms with Crippen LogP contribution in [0.5, 0.6) is 11.5 Å². The van der Waals surface area contributed by atoms with Crippen molar-refractivity contribution in [2.45, 2.75) is 13.8 Å². The highest BCUT2D eigenvalue weighted by molar-refractivity contribution is 6.33. The summed E-state index contributed by atoms with van der Waals surface area (Å²) in [6, 6.07) is 15.1. The fourth-order valence-corrected chi connectivity index (χ4v) is 3.80. The number of aromatic hydroxyl groups is 2. The molecule has 6 heteroatoms. The maximum Gasteiger partial charge on any atom is 0.200 e. The Kier molecular flexibility index (Phi) is 5.52. The molecule has 0 spiro atoms. The van der Waals surface area contributed by atoms with E-state index in [-0.39, 0.29) is 33.8 Å². The third kappa shape index (κ3) is 3.52. The number of para-hydroxylation sites is 1. The number of hydrogen-bond donors (Lipinski definition) is 4. The summed E-state index contributed by atoms with van der Waals surface area (Å²) in [5.74, 6) is -1.79. The second-order valence-electron chi connectivity index (χ2n) is 7.28. The zero-order valence-electron chi connectivity index (χ0n) is 17.6. The van der Waals surface area contributed by atoms with Crippen LogP contribution in [-0.2, 0) is 0 Å². The second-order valence-corrected chi connectivity index (χ2v) is 7.28. The number of ketones is 2. The minimum atomic E-state index is -0.543. The Labute approximate surface area is 185 Å². The van der Waals surface area contributed by atoms with Gasteiger partial charge in [-0.1, -0.05) is 30.4 Å². The van der Waals surface area contributed by atoms with Crippen LogP contribution in [0.25, 0.3) is 0 Å². The first-order valence-corrected chi connectivity index (χ1v) is 10.2. The molecule has 32 heavy (non-hydrogen) atoms. The maximum atomic E-state index is 13.6. The van der Waals surface area contributed by atoms with E-state index in [1.807, 2.05) is 62.4 Å². The number of allylic oxidation sites excluding steroid dienone is 3. The smallest absolute Gasteiger partial charge is 0.200 e. The van der Waals surface area contributed by atoms with Crippen molar-refractivity contribution < 1.29 is 19.8 Å². The normalized spacial score (nSPS) is 13.1. The third-order valence-corrected chi connectivity index (χ3v) is 5.26. The Morgan fingerprint density at radius 2 is 1.31 bits per heavy atom. The molecule has 0 amide bonds. The highest BCUT2D eigenvalue weighted by Crippen LogP contribution is 2.43. The van der Waals surface area contributed by atoms with E-state index >= 15 is 0 Å². The summed E-state index contributed by atoms with van der Waals surface area (Å²) < 4.78 is 0. The first-order chi connectivity index (χ1) is 15.5. The van der Waals surface area contributed by atoms with Crippen molar-refractivity contribution in [3.8, 4) is 11.5 Å². The van der Waals surface area contributed by atoms with Gasteiger partial charge in [-0.25, -0.2) is 0 Å². The van der Waals surface area contributed by atoms with Crippen LogP contribution in [-0.4, -0.2) is 21.8 Å². The van der Waals surface area contributed by atoms with Crippen LogP contribution in [0.3, 0.4) is 0 Å². The van der Waals surface area contributed by atoms with Crippen molar-refractivity contribution >= 4 is 28.6 Å². The molecule has 3 aromatic rings. The summed E-state index contributed by atoms with van der Waals surface area (Å²) >= 11 is 0. The highest BCUT2D eigenvalue weighted by atomic mass is 16.3. The van der Waals surface area contributed by atoms with Gasteiger partial charge in [0.05, 0.1) is 33.6 Å². The van der Waals surface area contributed by atoms with Gasteiger partial charge in [-0.2, -0.15) is 0 Å². The first-order valence-electron chi connectivity index (χ1n) is 10.2. The molecule has 0 aromatic heterocycles. The molecular formula is C26H22N2O4. The second kappa shape index (κ2) is 8.43. The van der Waals surface area contributed by atoms with Crippen molar-refractivity contribution in [3.05, 3.63) is 101 Å². The fraction of sp³-hybridized carbons (Fsp3) is 0.0769. The molecule has 0 fully saturated rings. The summed E-state index contributed by atoms with van der Waals surface area (Å²) in [7, 11) is 0. The number of carbonyl (C=O) groups is 2. The van der Waals surface area contributed by atoms with E-state index in [0.29, 0.717) is 11.4 Å². The van der Waals surface area contributed by atoms with E-state index in [1.54, 1.807) is 12.1 Å². The van der Waals surface area contributed by atoms with Crippen molar-refractivity contribution in [1.29, 1.82) is 0 Å². The van der Waals surface area contributed by atoms with Crippen molar-refractivity contribution in [2.75, 3.05) is 10.6 Å². The Hall–Kier alpha value is -4.32. The third-order valence-electron chi connectivity index (χ3n) is 5.26. The molecule has 160 valence electrons. The zero-order chi connectivity index (χ0) is 22.8. The molecule has 0 saturated heterocycles.